The highest BCUT2D eigenvalue weighted by molar-refractivity contribution is 5.67. The Labute approximate surface area is 173 Å². The summed E-state index contributed by atoms with van der Waals surface area (Å²) in [6.45, 7) is 4.75. The summed E-state index contributed by atoms with van der Waals surface area (Å²) in [5, 5.41) is 20.2. The minimum Gasteiger partial charge on any atom is -0.449 e. The second kappa shape index (κ2) is 11.5. The Morgan fingerprint density at radius 1 is 1.21 bits per heavy atom. The van der Waals surface area contributed by atoms with Crippen molar-refractivity contribution in [3.05, 3.63) is 11.4 Å². The number of hydrogen-bond acceptors (Lipinski definition) is 6. The highest BCUT2D eigenvalue weighted by Crippen LogP contribution is 2.52. The van der Waals surface area contributed by atoms with Gasteiger partial charge in [0.15, 0.2) is 0 Å². The van der Waals surface area contributed by atoms with Gasteiger partial charge in [-0.15, -0.1) is 5.10 Å². The maximum absolute atomic E-state index is 11.8. The minimum absolute atomic E-state index is 0.00875. The predicted molar refractivity (Wildman–Crippen MR) is 109 cm³/mol. The van der Waals surface area contributed by atoms with Crippen molar-refractivity contribution in [1.82, 2.24) is 20.3 Å². The zero-order chi connectivity index (χ0) is 20.5. The highest BCUT2D eigenvalue weighted by atomic mass is 16.5. The van der Waals surface area contributed by atoms with Crippen LogP contribution < -0.4 is 5.32 Å². The number of fused-ring (bicyclic) bond motifs is 2. The zero-order valence-electron chi connectivity index (χ0n) is 17.6. The highest BCUT2D eigenvalue weighted by Gasteiger charge is 2.50. The van der Waals surface area contributed by atoms with E-state index < -0.39 is 0 Å². The molecule has 0 aliphatic heterocycles. The molecule has 3 rings (SSSR count). The van der Waals surface area contributed by atoms with Crippen LogP contribution in [0.15, 0.2) is 0 Å². The van der Waals surface area contributed by atoms with Gasteiger partial charge < -0.3 is 19.9 Å². The molecule has 29 heavy (non-hydrogen) atoms. The standard InChI is InChI=1S/C21H36N4O4/c1-2-3-4-5-11-25-20-9-7-17-16(6-8-19(20)23-24-25)18(17)15-29-21(27)22-10-13-28-14-12-26/h16-18,26H,2-15H2,1H3,(H,22,27). The first-order chi connectivity index (χ1) is 14.2. The normalized spacial score (nSPS) is 22.9. The summed E-state index contributed by atoms with van der Waals surface area (Å²) in [5.74, 6) is 1.76. The molecule has 0 radical (unpaired) electrons. The Bertz CT molecular complexity index is 636. The van der Waals surface area contributed by atoms with Crippen LogP contribution in [0.1, 0.15) is 56.8 Å². The Kier molecular flexibility index (Phi) is 8.73. The van der Waals surface area contributed by atoms with Gasteiger partial charge in [-0.3, -0.25) is 0 Å². The molecule has 2 N–H and O–H groups in total. The molecule has 3 atom stereocenters. The van der Waals surface area contributed by atoms with Crippen molar-refractivity contribution in [2.24, 2.45) is 17.8 Å². The third-order valence-corrected chi connectivity index (χ3v) is 6.24. The first-order valence-electron chi connectivity index (χ1n) is 11.2. The number of carbonyl (C=O) groups is 1. The molecule has 0 saturated heterocycles. The van der Waals surface area contributed by atoms with E-state index in [0.29, 0.717) is 37.5 Å². The number of nitrogens with zero attached hydrogens (tertiary/aromatic N) is 3. The van der Waals surface area contributed by atoms with Gasteiger partial charge in [-0.2, -0.15) is 0 Å². The fourth-order valence-corrected chi connectivity index (χ4v) is 4.55. The number of aryl methyl sites for hydroxylation is 2. The predicted octanol–water partition coefficient (Wildman–Crippen LogP) is 2.33. The number of alkyl carbamates (subject to hydrolysis) is 1. The molecule has 0 aromatic carbocycles. The van der Waals surface area contributed by atoms with Crippen LogP contribution in [0.25, 0.3) is 0 Å². The van der Waals surface area contributed by atoms with E-state index in [1.54, 1.807) is 0 Å². The third kappa shape index (κ3) is 6.40. The number of nitrogens with one attached hydrogen (secondary N) is 1. The van der Waals surface area contributed by atoms with Crippen molar-refractivity contribution in [1.29, 1.82) is 0 Å². The Hall–Kier alpha value is -1.67. The van der Waals surface area contributed by atoms with E-state index in [1.165, 1.54) is 37.1 Å². The molecule has 1 amide bonds. The van der Waals surface area contributed by atoms with Crippen molar-refractivity contribution < 1.29 is 19.4 Å². The minimum atomic E-state index is -0.385. The van der Waals surface area contributed by atoms with E-state index >= 15 is 0 Å². The van der Waals surface area contributed by atoms with Crippen LogP contribution >= 0.6 is 0 Å². The van der Waals surface area contributed by atoms with E-state index in [9.17, 15) is 4.79 Å². The molecule has 164 valence electrons. The number of aromatic nitrogens is 3. The monoisotopic (exact) mass is 408 g/mol. The Balaban J connectivity index is 1.38. The quantitative estimate of drug-likeness (QED) is 0.515. The van der Waals surface area contributed by atoms with Gasteiger partial charge in [0, 0.05) is 13.1 Å². The van der Waals surface area contributed by atoms with Crippen molar-refractivity contribution in [2.75, 3.05) is 33.0 Å². The molecular weight excluding hydrogens is 372 g/mol. The summed E-state index contributed by atoms with van der Waals surface area (Å²) in [5.41, 5.74) is 2.50. The molecular formula is C21H36N4O4. The lowest BCUT2D eigenvalue weighted by Crippen LogP contribution is -2.29. The second-order valence-corrected chi connectivity index (χ2v) is 8.20. The Morgan fingerprint density at radius 2 is 2.03 bits per heavy atom. The average Bonchev–Trinajstić information content (AvgIpc) is 3.22. The molecule has 8 heteroatoms. The lowest BCUT2D eigenvalue weighted by molar-refractivity contribution is 0.0900. The number of aliphatic hydroxyl groups excluding tert-OH is 1. The van der Waals surface area contributed by atoms with Crippen LogP contribution in [0.4, 0.5) is 4.79 Å². The number of unbranched alkanes of at least 4 members (excludes halogenated alkanes) is 3. The third-order valence-electron chi connectivity index (χ3n) is 6.24. The van der Waals surface area contributed by atoms with Crippen LogP contribution in [-0.4, -0.2) is 59.2 Å². The lowest BCUT2D eigenvalue weighted by Gasteiger charge is -2.10. The fraction of sp³-hybridized carbons (Fsp3) is 0.857. The number of ether oxygens (including phenoxy) is 2. The van der Waals surface area contributed by atoms with Gasteiger partial charge in [0.2, 0.25) is 0 Å². The summed E-state index contributed by atoms with van der Waals surface area (Å²) in [7, 11) is 0. The van der Waals surface area contributed by atoms with E-state index in [0.717, 1.165) is 32.2 Å². The number of amides is 1. The molecule has 3 unspecified atom stereocenters. The van der Waals surface area contributed by atoms with Gasteiger partial charge in [0.1, 0.15) is 0 Å². The van der Waals surface area contributed by atoms with Crippen molar-refractivity contribution >= 4 is 6.09 Å². The summed E-state index contributed by atoms with van der Waals surface area (Å²) in [4.78, 5) is 11.8. The molecule has 1 fully saturated rings. The topological polar surface area (TPSA) is 98.5 Å². The van der Waals surface area contributed by atoms with Gasteiger partial charge in [-0.05, 0) is 49.9 Å². The van der Waals surface area contributed by atoms with Gasteiger partial charge in [-0.1, -0.05) is 31.4 Å². The van der Waals surface area contributed by atoms with Crippen molar-refractivity contribution in [2.45, 2.75) is 64.8 Å². The molecule has 1 saturated carbocycles. The summed E-state index contributed by atoms with van der Waals surface area (Å²) in [6, 6.07) is 0. The first kappa shape index (κ1) is 22.0. The fourth-order valence-electron chi connectivity index (χ4n) is 4.55. The molecule has 1 heterocycles. The molecule has 8 nitrogen and oxygen atoms in total. The maximum atomic E-state index is 11.8. The van der Waals surface area contributed by atoms with Crippen LogP contribution in [0.5, 0.6) is 0 Å². The first-order valence-corrected chi connectivity index (χ1v) is 11.2. The number of hydrogen-bond donors (Lipinski definition) is 2. The van der Waals surface area contributed by atoms with E-state index in [4.69, 9.17) is 14.6 Å². The van der Waals surface area contributed by atoms with Gasteiger partial charge in [-0.25, -0.2) is 9.48 Å². The molecule has 0 bridgehead atoms. The maximum Gasteiger partial charge on any atom is 0.407 e. The summed E-state index contributed by atoms with van der Waals surface area (Å²) < 4.78 is 12.7. The van der Waals surface area contributed by atoms with Crippen LogP contribution in [0, 0.1) is 17.8 Å². The van der Waals surface area contributed by atoms with Gasteiger partial charge >= 0.3 is 6.09 Å². The number of aliphatic hydroxyl groups is 1. The van der Waals surface area contributed by atoms with E-state index in [2.05, 4.69) is 27.2 Å². The SMILES string of the molecule is CCCCCCn1nnc2c1CCC1C(CC2)C1COC(=O)NCCOCCO. The van der Waals surface area contributed by atoms with E-state index in [-0.39, 0.29) is 19.3 Å². The summed E-state index contributed by atoms with van der Waals surface area (Å²) in [6.07, 6.45) is 8.82. The number of carbonyl (C=O) groups excluding carboxylic acids is 1. The largest absolute Gasteiger partial charge is 0.449 e. The zero-order valence-corrected chi connectivity index (χ0v) is 17.6. The van der Waals surface area contributed by atoms with Crippen LogP contribution in [0.2, 0.25) is 0 Å². The summed E-state index contributed by atoms with van der Waals surface area (Å²) >= 11 is 0. The molecule has 1 aromatic rings. The van der Waals surface area contributed by atoms with Crippen LogP contribution in [0.3, 0.4) is 0 Å². The van der Waals surface area contributed by atoms with Crippen molar-refractivity contribution in [3.8, 4) is 0 Å². The Morgan fingerprint density at radius 3 is 2.83 bits per heavy atom. The molecule has 2 aliphatic carbocycles. The molecule has 1 aromatic heterocycles. The number of rotatable bonds is 12. The molecule has 2 aliphatic rings. The van der Waals surface area contributed by atoms with Gasteiger partial charge in [0.25, 0.3) is 0 Å². The van der Waals surface area contributed by atoms with Gasteiger partial charge in [0.05, 0.1) is 37.8 Å². The molecule has 0 spiro atoms. The second-order valence-electron chi connectivity index (χ2n) is 8.20. The van der Waals surface area contributed by atoms with Crippen LogP contribution in [-0.2, 0) is 28.9 Å². The van der Waals surface area contributed by atoms with Crippen molar-refractivity contribution in [3.63, 3.8) is 0 Å². The lowest BCUT2D eigenvalue weighted by atomic mass is 10.0. The average molecular weight is 409 g/mol. The van der Waals surface area contributed by atoms with E-state index in [1.807, 2.05) is 0 Å². The smallest absolute Gasteiger partial charge is 0.407 e.